The fourth-order valence-electron chi connectivity index (χ4n) is 2.39. The van der Waals surface area contributed by atoms with E-state index in [9.17, 15) is 4.79 Å². The Morgan fingerprint density at radius 2 is 2.37 bits per heavy atom. The molecule has 1 aliphatic heterocycles. The molecule has 1 aliphatic rings. The Balaban J connectivity index is 2.01. The number of aromatic nitrogens is 2. The van der Waals surface area contributed by atoms with Crippen molar-refractivity contribution >= 4 is 11.7 Å². The van der Waals surface area contributed by atoms with Crippen LogP contribution in [0.1, 0.15) is 23.3 Å². The number of carbonyl (C=O) groups is 1. The first-order valence-corrected chi connectivity index (χ1v) is 6.57. The number of hydrogen-bond acceptors (Lipinski definition) is 5. The first kappa shape index (κ1) is 13.7. The van der Waals surface area contributed by atoms with Crippen molar-refractivity contribution in [3.8, 4) is 0 Å². The minimum absolute atomic E-state index is 0.0788. The SMILES string of the molecule is CNc1cncc(C(=O)N(C)CC2CCCN2C)n1. The molecule has 1 atom stereocenters. The molecule has 1 amide bonds. The second-order valence-corrected chi connectivity index (χ2v) is 5.00. The third-order valence-corrected chi connectivity index (χ3v) is 3.61. The molecule has 0 bridgehead atoms. The van der Waals surface area contributed by atoms with Crippen LogP contribution >= 0.6 is 0 Å². The van der Waals surface area contributed by atoms with E-state index in [0.717, 1.165) is 19.5 Å². The molecule has 2 rings (SSSR count). The first-order chi connectivity index (χ1) is 9.11. The largest absolute Gasteiger partial charge is 0.372 e. The maximum absolute atomic E-state index is 12.3. The van der Waals surface area contributed by atoms with Crippen LogP contribution in [0.25, 0.3) is 0 Å². The smallest absolute Gasteiger partial charge is 0.273 e. The second kappa shape index (κ2) is 5.97. The zero-order valence-corrected chi connectivity index (χ0v) is 11.8. The van der Waals surface area contributed by atoms with Gasteiger partial charge in [0.1, 0.15) is 11.5 Å². The van der Waals surface area contributed by atoms with Gasteiger partial charge in [0.25, 0.3) is 5.91 Å². The number of likely N-dealkylation sites (tertiary alicyclic amines) is 1. The number of likely N-dealkylation sites (N-methyl/N-ethyl adjacent to an activating group) is 2. The number of nitrogens with zero attached hydrogens (tertiary/aromatic N) is 4. The fraction of sp³-hybridized carbons (Fsp3) is 0.615. The lowest BCUT2D eigenvalue weighted by molar-refractivity contribution is 0.0755. The number of carbonyl (C=O) groups excluding carboxylic acids is 1. The Morgan fingerprint density at radius 1 is 1.58 bits per heavy atom. The lowest BCUT2D eigenvalue weighted by Gasteiger charge is -2.25. The van der Waals surface area contributed by atoms with E-state index < -0.39 is 0 Å². The quantitative estimate of drug-likeness (QED) is 0.866. The molecule has 1 fully saturated rings. The molecule has 19 heavy (non-hydrogen) atoms. The Morgan fingerprint density at radius 3 is 3.00 bits per heavy atom. The molecule has 0 saturated carbocycles. The highest BCUT2D eigenvalue weighted by Crippen LogP contribution is 2.16. The van der Waals surface area contributed by atoms with Gasteiger partial charge in [-0.2, -0.15) is 0 Å². The summed E-state index contributed by atoms with van der Waals surface area (Å²) in [5.74, 6) is 0.530. The predicted octanol–water partition coefficient (Wildman–Crippen LogP) is 0.684. The molecule has 6 nitrogen and oxygen atoms in total. The summed E-state index contributed by atoms with van der Waals surface area (Å²) in [6.45, 7) is 1.85. The zero-order chi connectivity index (χ0) is 13.8. The summed E-state index contributed by atoms with van der Waals surface area (Å²) in [5, 5.41) is 2.89. The van der Waals surface area contributed by atoms with Crippen molar-refractivity contribution in [1.82, 2.24) is 19.8 Å². The van der Waals surface area contributed by atoms with Gasteiger partial charge in [0.2, 0.25) is 0 Å². The van der Waals surface area contributed by atoms with Gasteiger partial charge < -0.3 is 15.1 Å². The van der Waals surface area contributed by atoms with E-state index in [4.69, 9.17) is 0 Å². The molecule has 0 radical (unpaired) electrons. The topological polar surface area (TPSA) is 61.4 Å². The van der Waals surface area contributed by atoms with Gasteiger partial charge in [-0.25, -0.2) is 4.98 Å². The summed E-state index contributed by atoms with van der Waals surface area (Å²) in [6.07, 6.45) is 5.47. The lowest BCUT2D eigenvalue weighted by atomic mass is 10.2. The van der Waals surface area contributed by atoms with Crippen LogP contribution in [-0.2, 0) is 0 Å². The van der Waals surface area contributed by atoms with Crippen molar-refractivity contribution in [1.29, 1.82) is 0 Å². The third-order valence-electron chi connectivity index (χ3n) is 3.61. The number of amides is 1. The Kier molecular flexibility index (Phi) is 4.31. The molecule has 1 saturated heterocycles. The van der Waals surface area contributed by atoms with E-state index >= 15 is 0 Å². The zero-order valence-electron chi connectivity index (χ0n) is 11.8. The van der Waals surface area contributed by atoms with Gasteiger partial charge in [-0.05, 0) is 26.4 Å². The highest BCUT2D eigenvalue weighted by atomic mass is 16.2. The molecule has 1 aromatic rings. The molecule has 104 valence electrons. The van der Waals surface area contributed by atoms with Crippen LogP contribution < -0.4 is 5.32 Å². The maximum Gasteiger partial charge on any atom is 0.273 e. The van der Waals surface area contributed by atoms with Gasteiger partial charge in [0, 0.05) is 26.7 Å². The molecular weight excluding hydrogens is 242 g/mol. The van der Waals surface area contributed by atoms with Crippen LogP contribution in [0.5, 0.6) is 0 Å². The Labute approximate surface area is 113 Å². The summed E-state index contributed by atoms with van der Waals surface area (Å²) >= 11 is 0. The van der Waals surface area contributed by atoms with E-state index in [2.05, 4.69) is 27.2 Å². The molecule has 1 unspecified atom stereocenters. The molecule has 1 N–H and O–H groups in total. The van der Waals surface area contributed by atoms with Crippen LogP contribution in [0.3, 0.4) is 0 Å². The fourth-order valence-corrected chi connectivity index (χ4v) is 2.39. The third kappa shape index (κ3) is 3.20. The van der Waals surface area contributed by atoms with E-state index in [1.807, 2.05) is 7.05 Å². The van der Waals surface area contributed by atoms with E-state index in [1.165, 1.54) is 12.6 Å². The van der Waals surface area contributed by atoms with Crippen LogP contribution in [0.2, 0.25) is 0 Å². The van der Waals surface area contributed by atoms with Crippen LogP contribution in [0, 0.1) is 0 Å². The minimum Gasteiger partial charge on any atom is -0.372 e. The number of anilines is 1. The van der Waals surface area contributed by atoms with Gasteiger partial charge in [-0.1, -0.05) is 0 Å². The van der Waals surface area contributed by atoms with Gasteiger partial charge in [-0.15, -0.1) is 0 Å². The molecule has 1 aromatic heterocycles. The van der Waals surface area contributed by atoms with Crippen molar-refractivity contribution in [2.45, 2.75) is 18.9 Å². The average Bonchev–Trinajstić information content (AvgIpc) is 2.83. The van der Waals surface area contributed by atoms with E-state index in [0.29, 0.717) is 17.6 Å². The van der Waals surface area contributed by atoms with Gasteiger partial charge in [0.15, 0.2) is 0 Å². The lowest BCUT2D eigenvalue weighted by Crippen LogP contribution is -2.39. The Bertz CT molecular complexity index is 450. The monoisotopic (exact) mass is 263 g/mol. The first-order valence-electron chi connectivity index (χ1n) is 6.57. The van der Waals surface area contributed by atoms with Crippen molar-refractivity contribution in [2.75, 3.05) is 39.5 Å². The summed E-state index contributed by atoms with van der Waals surface area (Å²) < 4.78 is 0. The standard InChI is InChI=1S/C13H21N5O/c1-14-12-8-15-7-11(16-12)13(19)18(3)9-10-5-4-6-17(10)2/h7-8,10H,4-6,9H2,1-3H3,(H,14,16). The predicted molar refractivity (Wildman–Crippen MR) is 74.2 cm³/mol. The Hall–Kier alpha value is -1.69. The normalized spacial score (nSPS) is 19.4. The number of rotatable bonds is 4. The maximum atomic E-state index is 12.3. The van der Waals surface area contributed by atoms with Crippen LogP contribution in [0.4, 0.5) is 5.82 Å². The average molecular weight is 263 g/mol. The van der Waals surface area contributed by atoms with Crippen LogP contribution in [-0.4, -0.2) is 65.9 Å². The highest BCUT2D eigenvalue weighted by Gasteiger charge is 2.24. The van der Waals surface area contributed by atoms with Gasteiger partial charge in [-0.3, -0.25) is 9.78 Å². The molecular formula is C13H21N5O. The highest BCUT2D eigenvalue weighted by molar-refractivity contribution is 5.92. The van der Waals surface area contributed by atoms with Gasteiger partial charge in [0.05, 0.1) is 12.4 Å². The molecule has 0 spiro atoms. The van der Waals surface area contributed by atoms with Crippen LogP contribution in [0.15, 0.2) is 12.4 Å². The molecule has 6 heteroatoms. The second-order valence-electron chi connectivity index (χ2n) is 5.00. The van der Waals surface area contributed by atoms with Crippen molar-refractivity contribution < 1.29 is 4.79 Å². The molecule has 2 heterocycles. The molecule has 0 aliphatic carbocycles. The summed E-state index contributed by atoms with van der Waals surface area (Å²) in [7, 11) is 5.69. The summed E-state index contributed by atoms with van der Waals surface area (Å²) in [6, 6.07) is 0.453. The summed E-state index contributed by atoms with van der Waals surface area (Å²) in [4.78, 5) is 24.6. The number of hydrogen-bond donors (Lipinski definition) is 1. The van der Waals surface area contributed by atoms with Crippen molar-refractivity contribution in [2.24, 2.45) is 0 Å². The summed E-state index contributed by atoms with van der Waals surface area (Å²) in [5.41, 5.74) is 0.384. The van der Waals surface area contributed by atoms with Crippen molar-refractivity contribution in [3.63, 3.8) is 0 Å². The number of nitrogens with one attached hydrogen (secondary N) is 1. The van der Waals surface area contributed by atoms with E-state index in [-0.39, 0.29) is 5.91 Å². The van der Waals surface area contributed by atoms with Crippen molar-refractivity contribution in [3.05, 3.63) is 18.1 Å². The van der Waals surface area contributed by atoms with Gasteiger partial charge >= 0.3 is 0 Å². The minimum atomic E-state index is -0.0788. The molecule has 0 aromatic carbocycles. The van der Waals surface area contributed by atoms with E-state index in [1.54, 1.807) is 18.1 Å².